The number of halogens is 10. The highest BCUT2D eigenvalue weighted by Gasteiger charge is 2.74. The Morgan fingerprint density at radius 2 is 0.667 bits per heavy atom. The Hall–Kier alpha value is -0.860. The third-order valence-corrected chi connectivity index (χ3v) is 1.37. The maximum atomic E-state index is 12.4. The average Bonchev–Trinajstić information content (AvgIpc) is 2.12. The van der Waals surface area contributed by atoms with E-state index in [4.69, 9.17) is 10.4 Å². The molecular weight excluding hydrogens is 298 g/mol. The minimum Gasteiger partial charge on any atom is -0.301 e. The van der Waals surface area contributed by atoms with Crippen LogP contribution in [0.3, 0.4) is 0 Å². The molecule has 0 aromatic heterocycles. The molecule has 0 atom stereocenters. The van der Waals surface area contributed by atoms with Gasteiger partial charge in [0, 0.05) is 0 Å². The van der Waals surface area contributed by atoms with E-state index in [-0.39, 0.29) is 0 Å². The maximum absolute atomic E-state index is 12.4. The first-order valence-electron chi connectivity index (χ1n) is 3.43. The van der Waals surface area contributed by atoms with Crippen LogP contribution in [0.25, 0.3) is 0 Å². The first-order chi connectivity index (χ1) is 7.56. The summed E-state index contributed by atoms with van der Waals surface area (Å²) in [6.45, 7) is 0. The molecule has 0 saturated heterocycles. The van der Waals surface area contributed by atoms with Crippen LogP contribution in [0.15, 0.2) is 0 Å². The van der Waals surface area contributed by atoms with E-state index in [1.807, 2.05) is 0 Å². The van der Waals surface area contributed by atoms with Crippen LogP contribution >= 0.6 is 0 Å². The fourth-order valence-electron chi connectivity index (χ4n) is 0.573. The number of hydrogen-bond acceptors (Lipinski definition) is 4. The molecule has 0 aliphatic heterocycles. The van der Waals surface area contributed by atoms with Crippen molar-refractivity contribution in [3.63, 3.8) is 0 Å². The zero-order valence-electron chi connectivity index (χ0n) is 7.57. The Labute approximate surface area is 90.5 Å². The quantitative estimate of drug-likeness (QED) is 0.478. The highest BCUT2D eigenvalue weighted by molar-refractivity contribution is 4.80. The van der Waals surface area contributed by atoms with Gasteiger partial charge in [-0.2, -0.15) is 43.9 Å². The molecule has 0 amide bonds. The lowest BCUT2D eigenvalue weighted by molar-refractivity contribution is -0.536. The molecule has 18 heavy (non-hydrogen) atoms. The summed E-state index contributed by atoms with van der Waals surface area (Å²) in [5, 5.41) is 8.96. The molecule has 0 unspecified atom stereocenters. The molecule has 0 aromatic rings. The molecule has 0 radical (unpaired) electrons. The van der Waals surface area contributed by atoms with E-state index in [1.54, 1.807) is 0 Å². The van der Waals surface area contributed by atoms with Crippen molar-refractivity contribution in [3.8, 4) is 0 Å². The molecule has 4 nitrogen and oxygen atoms in total. The van der Waals surface area contributed by atoms with Crippen molar-refractivity contribution >= 4 is 0 Å². The third-order valence-electron chi connectivity index (χ3n) is 1.37. The SMILES string of the molecule is ON(C(F)(F)F)C(F)(F)C(F)(F)N(O)C(F)(F)F. The lowest BCUT2D eigenvalue weighted by Crippen LogP contribution is -2.66. The molecule has 0 bridgehead atoms. The van der Waals surface area contributed by atoms with E-state index in [0.717, 1.165) is 0 Å². The van der Waals surface area contributed by atoms with Crippen LogP contribution in [0.2, 0.25) is 0 Å². The van der Waals surface area contributed by atoms with E-state index in [1.165, 1.54) is 0 Å². The van der Waals surface area contributed by atoms with Gasteiger partial charge in [0.2, 0.25) is 0 Å². The summed E-state index contributed by atoms with van der Waals surface area (Å²) in [6, 6.07) is -13.6. The number of hydroxylamine groups is 4. The molecule has 110 valence electrons. The molecule has 0 spiro atoms. The van der Waals surface area contributed by atoms with Gasteiger partial charge in [-0.25, -0.2) is 0 Å². The van der Waals surface area contributed by atoms with E-state index in [2.05, 4.69) is 0 Å². The number of rotatable bonds is 3. The summed E-state index contributed by atoms with van der Waals surface area (Å²) >= 11 is 0. The largest absolute Gasteiger partial charge is 0.488 e. The molecule has 0 fully saturated rings. The van der Waals surface area contributed by atoms with Gasteiger partial charge in [-0.3, -0.25) is 0 Å². The van der Waals surface area contributed by atoms with E-state index in [9.17, 15) is 43.9 Å². The Morgan fingerprint density at radius 1 is 0.500 bits per heavy atom. The molecule has 0 rings (SSSR count). The first-order valence-corrected chi connectivity index (χ1v) is 3.43. The average molecular weight is 300 g/mol. The Kier molecular flexibility index (Phi) is 4.15. The van der Waals surface area contributed by atoms with Crippen molar-refractivity contribution in [2.45, 2.75) is 24.7 Å². The Bertz CT molecular complexity index is 267. The minimum absolute atomic E-state index is 3.26. The fourth-order valence-corrected chi connectivity index (χ4v) is 0.573. The third kappa shape index (κ3) is 2.93. The van der Waals surface area contributed by atoms with Gasteiger partial charge in [0.05, 0.1) is 0 Å². The zero-order chi connectivity index (χ0) is 15.2. The molecule has 0 aliphatic rings. The van der Waals surface area contributed by atoms with Crippen LogP contribution in [0.4, 0.5) is 43.9 Å². The Balaban J connectivity index is 5.46. The molecule has 0 heterocycles. The zero-order valence-corrected chi connectivity index (χ0v) is 7.57. The van der Waals surface area contributed by atoms with Gasteiger partial charge >= 0.3 is 24.7 Å². The summed E-state index contributed by atoms with van der Waals surface area (Å²) in [4.78, 5) is 0. The van der Waals surface area contributed by atoms with Crippen molar-refractivity contribution < 1.29 is 54.3 Å². The highest BCUT2D eigenvalue weighted by Crippen LogP contribution is 2.45. The first kappa shape index (κ1) is 17.1. The van der Waals surface area contributed by atoms with Crippen LogP contribution in [0, 0.1) is 0 Å². The van der Waals surface area contributed by atoms with Crippen molar-refractivity contribution in [1.82, 2.24) is 10.1 Å². The van der Waals surface area contributed by atoms with Gasteiger partial charge in [0.25, 0.3) is 0 Å². The predicted octanol–water partition coefficient (Wildman–Crippen LogP) is 2.59. The van der Waals surface area contributed by atoms with Gasteiger partial charge in [0.15, 0.2) is 0 Å². The molecule has 14 heteroatoms. The second kappa shape index (κ2) is 4.36. The normalized spacial score (nSPS) is 15.7. The van der Waals surface area contributed by atoms with Crippen LogP contribution in [-0.2, 0) is 0 Å². The molecule has 2 N–H and O–H groups in total. The fraction of sp³-hybridized carbons (Fsp3) is 1.00. The van der Waals surface area contributed by atoms with Crippen molar-refractivity contribution in [3.05, 3.63) is 0 Å². The van der Waals surface area contributed by atoms with Gasteiger partial charge in [0.1, 0.15) is 0 Å². The maximum Gasteiger partial charge on any atom is 0.488 e. The lowest BCUT2D eigenvalue weighted by atomic mass is 10.4. The standard InChI is InChI=1S/C4H2F10N2O2/c5-1(6,15(17)3(9,10)11)2(7,8)16(18)4(12,13)14/h17-18H. The summed E-state index contributed by atoms with van der Waals surface area (Å²) in [7, 11) is 0. The minimum atomic E-state index is -6.80. The predicted molar refractivity (Wildman–Crippen MR) is 29.3 cm³/mol. The van der Waals surface area contributed by atoms with Crippen LogP contribution in [-0.4, -0.2) is 45.2 Å². The van der Waals surface area contributed by atoms with Crippen molar-refractivity contribution in [1.29, 1.82) is 0 Å². The summed E-state index contributed by atoms with van der Waals surface area (Å²) in [6.07, 6.45) is -13.0. The molecule has 0 aliphatic carbocycles. The monoisotopic (exact) mass is 300 g/mol. The number of nitrogens with zero attached hydrogens (tertiary/aromatic N) is 2. The highest BCUT2D eigenvalue weighted by atomic mass is 19.4. The van der Waals surface area contributed by atoms with E-state index >= 15 is 0 Å². The second-order valence-electron chi connectivity index (χ2n) is 2.64. The molecule has 0 saturated carbocycles. The smallest absolute Gasteiger partial charge is 0.301 e. The summed E-state index contributed by atoms with van der Waals surface area (Å²) < 4.78 is 119. The van der Waals surface area contributed by atoms with Gasteiger partial charge in [-0.1, -0.05) is 0 Å². The summed E-state index contributed by atoms with van der Waals surface area (Å²) in [5.74, 6) is 0. The van der Waals surface area contributed by atoms with Gasteiger partial charge in [-0.15, -0.1) is 0 Å². The number of hydrogen-bond donors (Lipinski definition) is 2. The van der Waals surface area contributed by atoms with Crippen LogP contribution < -0.4 is 0 Å². The molecule has 0 aromatic carbocycles. The van der Waals surface area contributed by atoms with E-state index in [0.29, 0.717) is 0 Å². The summed E-state index contributed by atoms with van der Waals surface area (Å²) in [5.41, 5.74) is 0. The van der Waals surface area contributed by atoms with Crippen molar-refractivity contribution in [2.24, 2.45) is 0 Å². The van der Waals surface area contributed by atoms with E-state index < -0.39 is 34.8 Å². The lowest BCUT2D eigenvalue weighted by Gasteiger charge is -2.36. The topological polar surface area (TPSA) is 46.9 Å². The van der Waals surface area contributed by atoms with Gasteiger partial charge < -0.3 is 10.4 Å². The number of alkyl halides is 10. The van der Waals surface area contributed by atoms with Gasteiger partial charge in [-0.05, 0) is 10.1 Å². The second-order valence-corrected chi connectivity index (χ2v) is 2.64. The molecular formula is C4H2F10N2O2. The van der Waals surface area contributed by atoms with Crippen LogP contribution in [0.1, 0.15) is 0 Å². The Morgan fingerprint density at radius 3 is 0.778 bits per heavy atom. The van der Waals surface area contributed by atoms with Crippen LogP contribution in [0.5, 0.6) is 0 Å². The van der Waals surface area contributed by atoms with Crippen molar-refractivity contribution in [2.75, 3.05) is 0 Å².